The Balaban J connectivity index is 4.02. The number of amides is 1. The third-order valence-electron chi connectivity index (χ3n) is 1.80. The van der Waals surface area contributed by atoms with Crippen molar-refractivity contribution in [3.05, 3.63) is 0 Å². The lowest BCUT2D eigenvalue weighted by molar-refractivity contribution is -0.142. The largest absolute Gasteiger partial charge is 0.480 e. The summed E-state index contributed by atoms with van der Waals surface area (Å²) in [5, 5.41) is 11.3. The first kappa shape index (κ1) is 12.9. The molecular weight excluding hydrogens is 182 g/mol. The Labute approximate surface area is 84.7 Å². The van der Waals surface area contributed by atoms with Gasteiger partial charge in [-0.3, -0.25) is 4.79 Å². The summed E-state index contributed by atoms with van der Waals surface area (Å²) in [4.78, 5) is 22.0. The number of carboxylic acids is 1. The smallest absolute Gasteiger partial charge is 0.326 e. The molecule has 2 N–H and O–H groups in total. The molecule has 0 heterocycles. The Morgan fingerprint density at radius 3 is 2.29 bits per heavy atom. The average molecular weight is 201 g/mol. The Kier molecular flexibility index (Phi) is 5.92. The van der Waals surface area contributed by atoms with Gasteiger partial charge >= 0.3 is 5.97 Å². The monoisotopic (exact) mass is 201 g/mol. The molecule has 4 heteroatoms. The summed E-state index contributed by atoms with van der Waals surface area (Å²) in [6.45, 7) is 5.74. The van der Waals surface area contributed by atoms with E-state index in [0.717, 1.165) is 6.42 Å². The van der Waals surface area contributed by atoms with Crippen LogP contribution in [0, 0.1) is 5.92 Å². The molecule has 0 unspecified atom stereocenters. The summed E-state index contributed by atoms with van der Waals surface area (Å²) in [7, 11) is 0. The molecule has 1 amide bonds. The van der Waals surface area contributed by atoms with Crippen molar-refractivity contribution in [1.29, 1.82) is 0 Å². The number of carbonyl (C=O) groups is 2. The maximum Gasteiger partial charge on any atom is 0.326 e. The molecular formula is C10H19NO3. The van der Waals surface area contributed by atoms with Crippen LogP contribution in [0.3, 0.4) is 0 Å². The van der Waals surface area contributed by atoms with Gasteiger partial charge in [0, 0.05) is 6.42 Å². The summed E-state index contributed by atoms with van der Waals surface area (Å²) in [5.41, 5.74) is 0. The molecule has 0 aliphatic rings. The molecule has 0 fully saturated rings. The number of rotatable bonds is 6. The number of nitrogens with one attached hydrogen (secondary N) is 1. The summed E-state index contributed by atoms with van der Waals surface area (Å²) in [6, 6.07) is -0.730. The van der Waals surface area contributed by atoms with Crippen molar-refractivity contribution in [3.63, 3.8) is 0 Å². The van der Waals surface area contributed by atoms with E-state index < -0.39 is 12.0 Å². The van der Waals surface area contributed by atoms with E-state index >= 15 is 0 Å². The highest BCUT2D eigenvalue weighted by atomic mass is 16.4. The van der Waals surface area contributed by atoms with Gasteiger partial charge in [-0.1, -0.05) is 27.2 Å². The van der Waals surface area contributed by atoms with Gasteiger partial charge in [0.1, 0.15) is 6.04 Å². The third-order valence-corrected chi connectivity index (χ3v) is 1.80. The molecule has 0 saturated carbocycles. The Hall–Kier alpha value is -1.06. The standard InChI is InChI=1S/C10H19NO3/c1-4-5-8(10(13)14)11-9(12)6-7(2)3/h7-8H,4-6H2,1-3H3,(H,11,12)(H,13,14)/t8-/m0/s1. The van der Waals surface area contributed by atoms with Crippen LogP contribution in [0.5, 0.6) is 0 Å². The Bertz CT molecular complexity index is 202. The van der Waals surface area contributed by atoms with Gasteiger partial charge in [-0.25, -0.2) is 4.79 Å². The van der Waals surface area contributed by atoms with Gasteiger partial charge in [0.15, 0.2) is 0 Å². The molecule has 0 aromatic carbocycles. The van der Waals surface area contributed by atoms with Crippen molar-refractivity contribution in [2.75, 3.05) is 0 Å². The highest BCUT2D eigenvalue weighted by Gasteiger charge is 2.18. The fraction of sp³-hybridized carbons (Fsp3) is 0.800. The van der Waals surface area contributed by atoms with Crippen molar-refractivity contribution in [1.82, 2.24) is 5.32 Å². The van der Waals surface area contributed by atoms with Crippen molar-refractivity contribution in [2.24, 2.45) is 5.92 Å². The molecule has 0 rings (SSSR count). The van der Waals surface area contributed by atoms with Crippen LogP contribution >= 0.6 is 0 Å². The van der Waals surface area contributed by atoms with Crippen molar-refractivity contribution in [3.8, 4) is 0 Å². The third kappa shape index (κ3) is 5.56. The van der Waals surface area contributed by atoms with Crippen LogP contribution in [-0.4, -0.2) is 23.0 Å². The van der Waals surface area contributed by atoms with E-state index in [9.17, 15) is 9.59 Å². The van der Waals surface area contributed by atoms with Crippen LogP contribution in [0.15, 0.2) is 0 Å². The topological polar surface area (TPSA) is 66.4 Å². The van der Waals surface area contributed by atoms with Crippen molar-refractivity contribution in [2.45, 2.75) is 46.1 Å². The van der Waals surface area contributed by atoms with Crippen LogP contribution < -0.4 is 5.32 Å². The van der Waals surface area contributed by atoms with Gasteiger partial charge in [-0.05, 0) is 12.3 Å². The highest BCUT2D eigenvalue weighted by Crippen LogP contribution is 2.02. The van der Waals surface area contributed by atoms with Crippen LogP contribution in [0.1, 0.15) is 40.0 Å². The van der Waals surface area contributed by atoms with E-state index in [1.807, 2.05) is 20.8 Å². The first-order valence-corrected chi connectivity index (χ1v) is 4.99. The van der Waals surface area contributed by atoms with Gasteiger partial charge in [0.05, 0.1) is 0 Å². The molecule has 1 atom stereocenters. The fourth-order valence-electron chi connectivity index (χ4n) is 1.17. The molecule has 0 aromatic rings. The van der Waals surface area contributed by atoms with E-state index in [0.29, 0.717) is 12.8 Å². The zero-order chi connectivity index (χ0) is 11.1. The van der Waals surface area contributed by atoms with E-state index in [-0.39, 0.29) is 11.8 Å². The summed E-state index contributed by atoms with van der Waals surface area (Å²) in [5.74, 6) is -0.879. The maximum absolute atomic E-state index is 11.3. The summed E-state index contributed by atoms with van der Waals surface area (Å²) in [6.07, 6.45) is 1.62. The second kappa shape index (κ2) is 6.40. The van der Waals surface area contributed by atoms with Gasteiger partial charge in [-0.15, -0.1) is 0 Å². The Morgan fingerprint density at radius 1 is 1.36 bits per heavy atom. The van der Waals surface area contributed by atoms with Gasteiger partial charge < -0.3 is 10.4 Å². The number of hydrogen-bond acceptors (Lipinski definition) is 2. The predicted molar refractivity (Wildman–Crippen MR) is 53.9 cm³/mol. The fourth-order valence-corrected chi connectivity index (χ4v) is 1.17. The minimum Gasteiger partial charge on any atom is -0.480 e. The van der Waals surface area contributed by atoms with Crippen molar-refractivity contribution >= 4 is 11.9 Å². The molecule has 0 spiro atoms. The number of hydrogen-bond donors (Lipinski definition) is 2. The molecule has 0 bridgehead atoms. The number of aliphatic carboxylic acids is 1. The number of carboxylic acid groups (broad SMARTS) is 1. The lowest BCUT2D eigenvalue weighted by Crippen LogP contribution is -2.40. The molecule has 0 aromatic heterocycles. The maximum atomic E-state index is 11.3. The minimum atomic E-state index is -0.955. The first-order valence-electron chi connectivity index (χ1n) is 4.99. The lowest BCUT2D eigenvalue weighted by Gasteiger charge is -2.14. The minimum absolute atomic E-state index is 0.180. The quantitative estimate of drug-likeness (QED) is 0.682. The molecule has 0 radical (unpaired) electrons. The average Bonchev–Trinajstić information content (AvgIpc) is 2.01. The second-order valence-electron chi connectivity index (χ2n) is 3.84. The van der Waals surface area contributed by atoms with Gasteiger partial charge in [-0.2, -0.15) is 0 Å². The summed E-state index contributed by atoms with van der Waals surface area (Å²) >= 11 is 0. The first-order chi connectivity index (χ1) is 6.47. The van der Waals surface area contributed by atoms with Crippen LogP contribution in [0.25, 0.3) is 0 Å². The Morgan fingerprint density at radius 2 is 1.93 bits per heavy atom. The number of carbonyl (C=O) groups excluding carboxylic acids is 1. The van der Waals surface area contributed by atoms with Crippen LogP contribution in [0.2, 0.25) is 0 Å². The molecule has 0 aliphatic heterocycles. The van der Waals surface area contributed by atoms with Gasteiger partial charge in [0.25, 0.3) is 0 Å². The normalized spacial score (nSPS) is 12.6. The highest BCUT2D eigenvalue weighted by molar-refractivity contribution is 5.83. The van der Waals surface area contributed by atoms with Gasteiger partial charge in [0.2, 0.25) is 5.91 Å². The zero-order valence-electron chi connectivity index (χ0n) is 9.04. The molecule has 4 nitrogen and oxygen atoms in total. The van der Waals surface area contributed by atoms with Crippen molar-refractivity contribution < 1.29 is 14.7 Å². The zero-order valence-corrected chi connectivity index (χ0v) is 9.04. The van der Waals surface area contributed by atoms with E-state index in [2.05, 4.69) is 5.32 Å². The van der Waals surface area contributed by atoms with Crippen LogP contribution in [0.4, 0.5) is 0 Å². The summed E-state index contributed by atoms with van der Waals surface area (Å²) < 4.78 is 0. The van der Waals surface area contributed by atoms with Crippen LogP contribution in [-0.2, 0) is 9.59 Å². The molecule has 0 aliphatic carbocycles. The SMILES string of the molecule is CCC[C@H](NC(=O)CC(C)C)C(=O)O. The lowest BCUT2D eigenvalue weighted by atomic mass is 10.1. The molecule has 14 heavy (non-hydrogen) atoms. The molecule has 82 valence electrons. The van der Waals surface area contributed by atoms with E-state index in [1.165, 1.54) is 0 Å². The van der Waals surface area contributed by atoms with E-state index in [1.54, 1.807) is 0 Å². The van der Waals surface area contributed by atoms with E-state index in [4.69, 9.17) is 5.11 Å². The second-order valence-corrected chi connectivity index (χ2v) is 3.84. The molecule has 0 saturated heterocycles. The predicted octanol–water partition coefficient (Wildman–Crippen LogP) is 1.40.